The fourth-order valence-electron chi connectivity index (χ4n) is 8.43. The van der Waals surface area contributed by atoms with Crippen molar-refractivity contribution >= 4 is 48.5 Å². The molecule has 2 saturated carbocycles. The predicted molar refractivity (Wildman–Crippen MR) is 199 cm³/mol. The molecule has 0 unspecified atom stereocenters. The third-order valence-electron chi connectivity index (χ3n) is 11.3. The minimum Gasteiger partial charge on any atom is -0.506 e. The van der Waals surface area contributed by atoms with Crippen molar-refractivity contribution in [2.45, 2.75) is 113 Å². The molecule has 4 aliphatic carbocycles. The lowest BCUT2D eigenvalue weighted by Gasteiger charge is -2.30. The Morgan fingerprint density at radius 1 is 0.700 bits per heavy atom. The van der Waals surface area contributed by atoms with Crippen LogP contribution in [0.3, 0.4) is 0 Å². The van der Waals surface area contributed by atoms with Gasteiger partial charge in [-0.3, -0.25) is 9.52 Å². The topological polar surface area (TPSA) is 136 Å². The number of anilines is 2. The number of carbonyl (C=O) groups excluding carboxylic acids is 1. The number of carbonyl (C=O) groups is 1. The van der Waals surface area contributed by atoms with Crippen LogP contribution in [-0.4, -0.2) is 75.0 Å². The van der Waals surface area contributed by atoms with Gasteiger partial charge in [-0.2, -0.15) is 4.40 Å². The van der Waals surface area contributed by atoms with Gasteiger partial charge in [-0.05, 0) is 87.8 Å². The Morgan fingerprint density at radius 2 is 1.28 bits per heavy atom. The molecule has 2 N–H and O–H groups in total. The normalized spacial score (nSPS) is 25.6. The molecule has 50 heavy (non-hydrogen) atoms. The Labute approximate surface area is 297 Å². The molecule has 2 heterocycles. The zero-order valence-corrected chi connectivity index (χ0v) is 30.5. The molecule has 0 aromatic heterocycles. The largest absolute Gasteiger partial charge is 0.506 e. The van der Waals surface area contributed by atoms with Crippen molar-refractivity contribution in [2.24, 2.45) is 4.40 Å². The number of aliphatic hydroxyl groups excluding tert-OH is 1. The lowest BCUT2D eigenvalue weighted by Crippen LogP contribution is -2.30. The number of nitrogens with one attached hydrogen (secondary N) is 1. The van der Waals surface area contributed by atoms with Crippen molar-refractivity contribution in [1.82, 2.24) is 4.90 Å². The Balaban J connectivity index is 1.29. The highest BCUT2D eigenvalue weighted by Crippen LogP contribution is 2.44. The highest BCUT2D eigenvalue weighted by atomic mass is 32.2. The van der Waals surface area contributed by atoms with Crippen LogP contribution < -0.4 is 9.62 Å². The van der Waals surface area contributed by atoms with E-state index in [1.807, 2.05) is 12.1 Å². The third-order valence-corrected chi connectivity index (χ3v) is 15.0. The molecule has 0 spiro atoms. The first-order valence-electron chi connectivity index (χ1n) is 18.7. The SMILES string of the molecule is O=C1C(c2ccc(N3CCCCCC3)cc2NS(=O)(=O)C2CCCC2)=C(O)/C1=C1/C=CC(N2CCCCCC2)=C/C1=N\S(=O)(=O)C1CCCC1. The maximum Gasteiger partial charge on any atom is 0.256 e. The lowest BCUT2D eigenvalue weighted by molar-refractivity contribution is -0.111. The molecule has 0 amide bonds. The maximum atomic E-state index is 14.1. The van der Waals surface area contributed by atoms with Gasteiger partial charge in [0.2, 0.25) is 15.8 Å². The van der Waals surface area contributed by atoms with Gasteiger partial charge < -0.3 is 14.9 Å². The van der Waals surface area contributed by atoms with Crippen molar-refractivity contribution in [2.75, 3.05) is 35.8 Å². The van der Waals surface area contributed by atoms with E-state index in [-0.39, 0.29) is 33.9 Å². The smallest absolute Gasteiger partial charge is 0.256 e. The molecule has 1 aromatic carbocycles. The van der Waals surface area contributed by atoms with Gasteiger partial charge in [0.15, 0.2) is 0 Å². The average Bonchev–Trinajstić information content (AvgIpc) is 3.72. The standard InChI is InChI=1S/C38H50N4O6S2/c43-37-35(31-19-17-27(41-21-9-1-2-10-22-41)25-33(31)39-49(45,46)29-13-5-6-14-29)38(44)36(37)32-20-18-28(42-23-11-3-4-12-24-42)26-34(32)40-50(47,48)30-15-7-8-16-30/h17-20,25-26,29-30,39,43H,1-16,21-24H2/b36-32+,40-34+. The number of benzene rings is 1. The molecule has 2 saturated heterocycles. The van der Waals surface area contributed by atoms with E-state index in [1.54, 1.807) is 24.3 Å². The van der Waals surface area contributed by atoms with Crippen LogP contribution in [0.2, 0.25) is 0 Å². The van der Waals surface area contributed by atoms with Gasteiger partial charge in [-0.25, -0.2) is 16.8 Å². The molecule has 1 aromatic rings. The molecular weight excluding hydrogens is 673 g/mol. The molecule has 6 aliphatic rings. The fourth-order valence-corrected chi connectivity index (χ4v) is 11.5. The summed E-state index contributed by atoms with van der Waals surface area (Å²) >= 11 is 0. The number of ketones is 1. The fraction of sp³-hybridized carbons (Fsp3) is 0.579. The van der Waals surface area contributed by atoms with Gasteiger partial charge in [-0.15, -0.1) is 0 Å². The number of allylic oxidation sites excluding steroid dienone is 6. The maximum absolute atomic E-state index is 14.1. The van der Waals surface area contributed by atoms with Gasteiger partial charge in [0.1, 0.15) is 5.76 Å². The van der Waals surface area contributed by atoms with E-state index in [9.17, 15) is 26.7 Å². The Morgan fingerprint density at radius 3 is 1.88 bits per heavy atom. The monoisotopic (exact) mass is 722 g/mol. The van der Waals surface area contributed by atoms with E-state index in [0.717, 1.165) is 115 Å². The molecule has 7 rings (SSSR count). The molecule has 270 valence electrons. The summed E-state index contributed by atoms with van der Waals surface area (Å²) < 4.78 is 61.4. The molecule has 4 fully saturated rings. The summed E-state index contributed by atoms with van der Waals surface area (Å²) in [5.41, 5.74) is 2.76. The molecule has 2 aliphatic heterocycles. The third kappa shape index (κ3) is 7.20. The van der Waals surface area contributed by atoms with Crippen molar-refractivity contribution in [3.05, 3.63) is 64.6 Å². The molecule has 12 heteroatoms. The molecule has 0 radical (unpaired) electrons. The summed E-state index contributed by atoms with van der Waals surface area (Å²) in [7, 11) is -7.60. The number of rotatable bonds is 8. The first-order chi connectivity index (χ1) is 24.1. The van der Waals surface area contributed by atoms with Crippen LogP contribution in [0.25, 0.3) is 5.57 Å². The van der Waals surface area contributed by atoms with Crippen molar-refractivity contribution in [3.8, 4) is 0 Å². The number of sulfonamides is 2. The van der Waals surface area contributed by atoms with Crippen molar-refractivity contribution < 1.29 is 26.7 Å². The second-order valence-corrected chi connectivity index (χ2v) is 18.6. The van der Waals surface area contributed by atoms with E-state index < -0.39 is 36.3 Å². The van der Waals surface area contributed by atoms with Gasteiger partial charge >= 0.3 is 0 Å². The number of aliphatic hydroxyl groups is 1. The second kappa shape index (κ2) is 14.7. The molecule has 10 nitrogen and oxygen atoms in total. The highest BCUT2D eigenvalue weighted by molar-refractivity contribution is 7.93. The Kier molecular flexibility index (Phi) is 10.3. The number of nitrogens with zero attached hydrogens (tertiary/aromatic N) is 3. The highest BCUT2D eigenvalue weighted by Gasteiger charge is 2.41. The second-order valence-electron chi connectivity index (χ2n) is 14.7. The zero-order chi connectivity index (χ0) is 34.9. The van der Waals surface area contributed by atoms with Crippen LogP contribution >= 0.6 is 0 Å². The van der Waals surface area contributed by atoms with Crippen molar-refractivity contribution in [3.63, 3.8) is 0 Å². The molecule has 0 bridgehead atoms. The Bertz CT molecular complexity index is 1860. The lowest BCUT2D eigenvalue weighted by atomic mass is 9.78. The summed E-state index contributed by atoms with van der Waals surface area (Å²) in [4.78, 5) is 18.6. The zero-order valence-electron chi connectivity index (χ0n) is 28.9. The van der Waals surface area contributed by atoms with E-state index >= 15 is 0 Å². The average molecular weight is 723 g/mol. The van der Waals surface area contributed by atoms with Gasteiger partial charge in [0, 0.05) is 48.7 Å². The quantitative estimate of drug-likeness (QED) is 0.276. The van der Waals surface area contributed by atoms with Crippen LogP contribution in [0.1, 0.15) is 108 Å². The van der Waals surface area contributed by atoms with Crippen LogP contribution in [0, 0.1) is 0 Å². The predicted octanol–water partition coefficient (Wildman–Crippen LogP) is 6.94. The first-order valence-corrected chi connectivity index (χ1v) is 21.8. The molecule has 0 atom stereocenters. The van der Waals surface area contributed by atoms with E-state index in [1.165, 1.54) is 0 Å². The number of hydrogen-bond acceptors (Lipinski definition) is 8. The van der Waals surface area contributed by atoms with Gasteiger partial charge in [-0.1, -0.05) is 51.4 Å². The van der Waals surface area contributed by atoms with Crippen LogP contribution in [0.4, 0.5) is 11.4 Å². The van der Waals surface area contributed by atoms with E-state index in [0.29, 0.717) is 31.2 Å². The van der Waals surface area contributed by atoms with Crippen molar-refractivity contribution in [1.29, 1.82) is 0 Å². The summed E-state index contributed by atoms with van der Waals surface area (Å²) in [5, 5.41) is 10.6. The minimum atomic E-state index is -3.86. The van der Waals surface area contributed by atoms with Gasteiger partial charge in [0.05, 0.1) is 33.0 Å². The summed E-state index contributed by atoms with van der Waals surface area (Å²) in [5.74, 6) is -0.750. The Hall–Kier alpha value is -3.38. The molecular formula is C38H50N4O6S2. The summed E-state index contributed by atoms with van der Waals surface area (Å²) in [6.07, 6.45) is 19.8. The van der Waals surface area contributed by atoms with E-state index in [2.05, 4.69) is 18.9 Å². The first kappa shape index (κ1) is 35.0. The number of Topliss-reactive ketones (excluding diaryl/α,β-unsaturated/α-hetero) is 1. The summed E-state index contributed by atoms with van der Waals surface area (Å²) in [6.45, 7) is 3.43. The van der Waals surface area contributed by atoms with Crippen LogP contribution in [0.15, 0.2) is 63.4 Å². The van der Waals surface area contributed by atoms with E-state index in [4.69, 9.17) is 0 Å². The van der Waals surface area contributed by atoms with Crippen LogP contribution in [-0.2, 0) is 24.8 Å². The summed E-state index contributed by atoms with van der Waals surface area (Å²) in [6, 6.07) is 5.42. The number of hydrogen-bond donors (Lipinski definition) is 2. The minimum absolute atomic E-state index is 0.00369. The number of likely N-dealkylation sites (tertiary alicyclic amines) is 1. The van der Waals surface area contributed by atoms with Gasteiger partial charge in [0.25, 0.3) is 10.0 Å². The van der Waals surface area contributed by atoms with Crippen LogP contribution in [0.5, 0.6) is 0 Å².